The van der Waals surface area contributed by atoms with E-state index in [2.05, 4.69) is 0 Å². The van der Waals surface area contributed by atoms with E-state index in [1.165, 1.54) is 23.4 Å². The van der Waals surface area contributed by atoms with Gasteiger partial charge in [-0.15, -0.1) is 0 Å². The Morgan fingerprint density at radius 1 is 1.24 bits per heavy atom. The second kappa shape index (κ2) is 4.23. The Labute approximate surface area is 101 Å². The number of hydrogen-bond acceptors (Lipinski definition) is 3. The van der Waals surface area contributed by atoms with Gasteiger partial charge in [0.05, 0.1) is 4.90 Å². The van der Waals surface area contributed by atoms with Crippen molar-refractivity contribution in [2.75, 3.05) is 7.05 Å². The molecule has 0 atom stereocenters. The Bertz CT molecular complexity index is 529. The van der Waals surface area contributed by atoms with Gasteiger partial charge in [0.25, 0.3) is 0 Å². The third-order valence-electron chi connectivity index (χ3n) is 3.00. The molecule has 0 radical (unpaired) electrons. The molecule has 0 aromatic heterocycles. The van der Waals surface area contributed by atoms with Crippen LogP contribution in [-0.2, 0) is 10.0 Å². The van der Waals surface area contributed by atoms with Crippen molar-refractivity contribution < 1.29 is 13.2 Å². The van der Waals surface area contributed by atoms with E-state index in [-0.39, 0.29) is 16.7 Å². The number of carbonyl (C=O) groups excluding carboxylic acids is 1. The second-order valence-electron chi connectivity index (χ2n) is 4.33. The van der Waals surface area contributed by atoms with Crippen LogP contribution in [0.3, 0.4) is 0 Å². The first-order valence-corrected chi connectivity index (χ1v) is 6.96. The number of rotatable bonds is 4. The summed E-state index contributed by atoms with van der Waals surface area (Å²) in [5.41, 5.74) is 0.526. The zero-order valence-electron chi connectivity index (χ0n) is 9.88. The highest BCUT2D eigenvalue weighted by molar-refractivity contribution is 7.89. The molecule has 2 rings (SSSR count). The fourth-order valence-corrected chi connectivity index (χ4v) is 3.08. The van der Waals surface area contributed by atoms with E-state index in [0.717, 1.165) is 12.8 Å². The van der Waals surface area contributed by atoms with Crippen molar-refractivity contribution in [3.8, 4) is 0 Å². The molecule has 0 aliphatic heterocycles. The van der Waals surface area contributed by atoms with E-state index in [1.807, 2.05) is 0 Å². The maximum Gasteiger partial charge on any atom is 0.243 e. The first-order chi connectivity index (χ1) is 7.93. The number of Topliss-reactive ketones (excluding diaryl/α,β-unsaturated/α-hetero) is 1. The van der Waals surface area contributed by atoms with Crippen LogP contribution in [0.4, 0.5) is 0 Å². The third-order valence-corrected chi connectivity index (χ3v) is 4.92. The molecule has 1 saturated carbocycles. The normalized spacial score (nSPS) is 16.2. The van der Waals surface area contributed by atoms with Crippen LogP contribution in [-0.4, -0.2) is 31.6 Å². The summed E-state index contributed by atoms with van der Waals surface area (Å²) in [5, 5.41) is 0. The van der Waals surface area contributed by atoms with Gasteiger partial charge in [0, 0.05) is 18.7 Å². The topological polar surface area (TPSA) is 54.5 Å². The van der Waals surface area contributed by atoms with Gasteiger partial charge in [-0.1, -0.05) is 12.1 Å². The molecule has 1 aliphatic carbocycles. The maximum atomic E-state index is 12.1. The van der Waals surface area contributed by atoms with Crippen LogP contribution in [0.15, 0.2) is 29.2 Å². The summed E-state index contributed by atoms with van der Waals surface area (Å²) in [6, 6.07) is 6.23. The molecule has 0 N–H and O–H groups in total. The zero-order chi connectivity index (χ0) is 12.6. The minimum absolute atomic E-state index is 0.0653. The molecule has 0 spiro atoms. The van der Waals surface area contributed by atoms with E-state index in [9.17, 15) is 13.2 Å². The quantitative estimate of drug-likeness (QED) is 0.767. The van der Waals surface area contributed by atoms with Crippen LogP contribution in [0.25, 0.3) is 0 Å². The van der Waals surface area contributed by atoms with Gasteiger partial charge in [0.1, 0.15) is 0 Å². The smallest absolute Gasteiger partial charge is 0.243 e. The Hall–Kier alpha value is -1.20. The minimum Gasteiger partial charge on any atom is -0.295 e. The van der Waals surface area contributed by atoms with Gasteiger partial charge < -0.3 is 0 Å². The van der Waals surface area contributed by atoms with Crippen LogP contribution >= 0.6 is 0 Å². The number of carbonyl (C=O) groups is 1. The van der Waals surface area contributed by atoms with Gasteiger partial charge in [-0.25, -0.2) is 8.42 Å². The van der Waals surface area contributed by atoms with Crippen molar-refractivity contribution in [2.24, 2.45) is 0 Å². The van der Waals surface area contributed by atoms with E-state index >= 15 is 0 Å². The Kier molecular flexibility index (Phi) is 3.05. The van der Waals surface area contributed by atoms with Gasteiger partial charge in [-0.2, -0.15) is 4.31 Å². The molecule has 17 heavy (non-hydrogen) atoms. The van der Waals surface area contributed by atoms with Crippen LogP contribution in [0, 0.1) is 0 Å². The summed E-state index contributed by atoms with van der Waals surface area (Å²) in [4.78, 5) is 11.3. The molecular weight excluding hydrogens is 238 g/mol. The molecular formula is C12H15NO3S. The van der Waals surface area contributed by atoms with Crippen molar-refractivity contribution in [3.63, 3.8) is 0 Å². The predicted octanol–water partition coefficient (Wildman–Crippen LogP) is 1.67. The Morgan fingerprint density at radius 3 is 2.18 bits per heavy atom. The van der Waals surface area contributed by atoms with E-state index < -0.39 is 10.0 Å². The van der Waals surface area contributed by atoms with Crippen molar-refractivity contribution >= 4 is 15.8 Å². The molecule has 0 saturated heterocycles. The maximum absolute atomic E-state index is 12.1. The summed E-state index contributed by atoms with van der Waals surface area (Å²) >= 11 is 0. The van der Waals surface area contributed by atoms with Crippen LogP contribution in [0.2, 0.25) is 0 Å². The number of benzene rings is 1. The molecule has 0 amide bonds. The molecule has 0 heterocycles. The molecule has 1 fully saturated rings. The summed E-state index contributed by atoms with van der Waals surface area (Å²) in [6.45, 7) is 1.46. The number of sulfonamides is 1. The minimum atomic E-state index is -3.40. The summed E-state index contributed by atoms with van der Waals surface area (Å²) < 4.78 is 25.7. The molecule has 92 valence electrons. The molecule has 1 aliphatic rings. The van der Waals surface area contributed by atoms with Crippen molar-refractivity contribution in [1.29, 1.82) is 0 Å². The third kappa shape index (κ3) is 2.40. The molecule has 1 aromatic rings. The van der Waals surface area contributed by atoms with Gasteiger partial charge in [-0.3, -0.25) is 4.79 Å². The van der Waals surface area contributed by atoms with Crippen molar-refractivity contribution in [2.45, 2.75) is 30.7 Å². The van der Waals surface area contributed by atoms with Crippen LogP contribution in [0.1, 0.15) is 30.1 Å². The van der Waals surface area contributed by atoms with Crippen LogP contribution in [0.5, 0.6) is 0 Å². The largest absolute Gasteiger partial charge is 0.295 e. The van der Waals surface area contributed by atoms with E-state index in [4.69, 9.17) is 0 Å². The highest BCUT2D eigenvalue weighted by atomic mass is 32.2. The van der Waals surface area contributed by atoms with Gasteiger partial charge in [0.2, 0.25) is 10.0 Å². The lowest BCUT2D eigenvalue weighted by molar-refractivity contribution is 0.101. The lowest BCUT2D eigenvalue weighted by Gasteiger charge is -2.16. The average molecular weight is 253 g/mol. The predicted molar refractivity (Wildman–Crippen MR) is 64.4 cm³/mol. The number of hydrogen-bond donors (Lipinski definition) is 0. The first kappa shape index (κ1) is 12.3. The van der Waals surface area contributed by atoms with Crippen LogP contribution < -0.4 is 0 Å². The molecule has 1 aromatic carbocycles. The Morgan fingerprint density at radius 2 is 1.76 bits per heavy atom. The van der Waals surface area contributed by atoms with Crippen molar-refractivity contribution in [1.82, 2.24) is 4.31 Å². The molecule has 4 nitrogen and oxygen atoms in total. The summed E-state index contributed by atoms with van der Waals surface area (Å²) in [7, 11) is -1.79. The lowest BCUT2D eigenvalue weighted by Crippen LogP contribution is -2.28. The fraction of sp³-hybridized carbons (Fsp3) is 0.417. The highest BCUT2D eigenvalue weighted by Gasteiger charge is 2.34. The zero-order valence-corrected chi connectivity index (χ0v) is 10.7. The van der Waals surface area contributed by atoms with Gasteiger partial charge in [0.15, 0.2) is 5.78 Å². The SMILES string of the molecule is CC(=O)c1ccc(S(=O)(=O)N(C)C2CC2)cc1. The number of ketones is 1. The van der Waals surface area contributed by atoms with Gasteiger partial charge >= 0.3 is 0 Å². The first-order valence-electron chi connectivity index (χ1n) is 5.52. The van der Waals surface area contributed by atoms with Gasteiger partial charge in [-0.05, 0) is 31.9 Å². The Balaban J connectivity index is 2.30. The molecule has 0 bridgehead atoms. The fourth-order valence-electron chi connectivity index (χ4n) is 1.66. The highest BCUT2D eigenvalue weighted by Crippen LogP contribution is 2.30. The summed E-state index contributed by atoms with van der Waals surface area (Å²) in [6.07, 6.45) is 1.86. The standard InChI is InChI=1S/C12H15NO3S/c1-9(14)10-3-7-12(8-4-10)17(15,16)13(2)11-5-6-11/h3-4,7-8,11H,5-6H2,1-2H3. The average Bonchev–Trinajstić information content (AvgIpc) is 3.12. The second-order valence-corrected chi connectivity index (χ2v) is 6.33. The summed E-state index contributed by atoms with van der Waals surface area (Å²) in [5.74, 6) is -0.0653. The molecule has 0 unspecified atom stereocenters. The molecule has 5 heteroatoms. The monoisotopic (exact) mass is 253 g/mol. The van der Waals surface area contributed by atoms with Crippen molar-refractivity contribution in [3.05, 3.63) is 29.8 Å². The number of nitrogens with zero attached hydrogens (tertiary/aromatic N) is 1. The van der Waals surface area contributed by atoms with E-state index in [0.29, 0.717) is 5.56 Å². The van der Waals surface area contributed by atoms with E-state index in [1.54, 1.807) is 19.2 Å². The lowest BCUT2D eigenvalue weighted by atomic mass is 10.2.